The molecule has 2 unspecified atom stereocenters. The number of hydrogen-bond acceptors (Lipinski definition) is 2. The molecule has 8 heavy (non-hydrogen) atoms. The monoisotopic (exact) mass is 134 g/mol. The highest BCUT2D eigenvalue weighted by atomic mass is 35.5. The fraction of sp³-hybridized carbons (Fsp3) is 0.800. The van der Waals surface area contributed by atoms with Crippen LogP contribution in [0.3, 0.4) is 0 Å². The highest BCUT2D eigenvalue weighted by Crippen LogP contribution is 2.18. The van der Waals surface area contributed by atoms with Crippen molar-refractivity contribution >= 4 is 17.6 Å². The molecule has 1 fully saturated rings. The Bertz CT molecular complexity index is 113. The molecule has 0 spiro atoms. The van der Waals surface area contributed by atoms with E-state index >= 15 is 0 Å². The molecule has 3 heteroatoms. The maximum absolute atomic E-state index is 10.4. The summed E-state index contributed by atoms with van der Waals surface area (Å²) in [6.45, 7) is 2.37. The lowest BCUT2D eigenvalue weighted by atomic mass is 10.1. The number of alkyl halides is 1. The third-order valence-electron chi connectivity index (χ3n) is 1.21. The van der Waals surface area contributed by atoms with Gasteiger partial charge in [-0.15, -0.1) is 11.6 Å². The second kappa shape index (κ2) is 1.94. The first-order chi connectivity index (χ1) is 3.72. The first kappa shape index (κ1) is 5.89. The summed E-state index contributed by atoms with van der Waals surface area (Å²) in [4.78, 5) is 10.4. The van der Waals surface area contributed by atoms with E-state index in [-0.39, 0.29) is 11.9 Å². The predicted octanol–water partition coefficient (Wildman–Crippen LogP) is 0.787. The predicted molar refractivity (Wildman–Crippen MR) is 29.8 cm³/mol. The topological polar surface area (TPSA) is 26.3 Å². The van der Waals surface area contributed by atoms with Crippen molar-refractivity contribution in [1.82, 2.24) is 0 Å². The minimum absolute atomic E-state index is 0.184. The lowest BCUT2D eigenvalue weighted by Gasteiger charge is -1.95. The molecular formula is C5H7ClO2. The smallest absolute Gasteiger partial charge is 0.324 e. The Morgan fingerprint density at radius 1 is 1.88 bits per heavy atom. The third-order valence-corrected chi connectivity index (χ3v) is 1.82. The molecule has 1 rings (SSSR count). The van der Waals surface area contributed by atoms with Crippen molar-refractivity contribution in [3.05, 3.63) is 0 Å². The molecule has 46 valence electrons. The van der Waals surface area contributed by atoms with E-state index < -0.39 is 5.38 Å². The van der Waals surface area contributed by atoms with Gasteiger partial charge in [0.05, 0.1) is 6.61 Å². The number of hydrogen-bond donors (Lipinski definition) is 0. The van der Waals surface area contributed by atoms with Crippen LogP contribution in [0.15, 0.2) is 0 Å². The maximum Gasteiger partial charge on any atom is 0.324 e. The van der Waals surface area contributed by atoms with E-state index in [4.69, 9.17) is 11.6 Å². The first-order valence-corrected chi connectivity index (χ1v) is 2.96. The zero-order chi connectivity index (χ0) is 6.15. The summed E-state index contributed by atoms with van der Waals surface area (Å²) in [7, 11) is 0. The Hall–Kier alpha value is -0.240. The first-order valence-electron chi connectivity index (χ1n) is 2.52. The van der Waals surface area contributed by atoms with Crippen LogP contribution >= 0.6 is 11.6 Å². The Kier molecular flexibility index (Phi) is 1.43. The Morgan fingerprint density at radius 3 is 2.62 bits per heavy atom. The van der Waals surface area contributed by atoms with Crippen LogP contribution in [0, 0.1) is 5.92 Å². The molecule has 0 radical (unpaired) electrons. The van der Waals surface area contributed by atoms with Crippen molar-refractivity contribution in [2.75, 3.05) is 6.61 Å². The van der Waals surface area contributed by atoms with E-state index in [2.05, 4.69) is 4.74 Å². The summed E-state index contributed by atoms with van der Waals surface area (Å²) >= 11 is 5.54. The van der Waals surface area contributed by atoms with E-state index in [1.54, 1.807) is 0 Å². The molecule has 0 N–H and O–H groups in total. The van der Waals surface area contributed by atoms with E-state index in [0.717, 1.165) is 0 Å². The lowest BCUT2D eigenvalue weighted by molar-refractivity contribution is -0.137. The van der Waals surface area contributed by atoms with E-state index in [9.17, 15) is 4.79 Å². The minimum Gasteiger partial charge on any atom is -0.464 e. The maximum atomic E-state index is 10.4. The summed E-state index contributed by atoms with van der Waals surface area (Å²) in [5.41, 5.74) is 0. The second-order valence-electron chi connectivity index (χ2n) is 2.01. The van der Waals surface area contributed by atoms with Gasteiger partial charge in [0.25, 0.3) is 0 Å². The number of rotatable bonds is 0. The Labute approximate surface area is 52.8 Å². The molecule has 1 aliphatic rings. The van der Waals surface area contributed by atoms with Crippen LogP contribution in [0.25, 0.3) is 0 Å². The van der Waals surface area contributed by atoms with Crippen molar-refractivity contribution in [3.8, 4) is 0 Å². The van der Waals surface area contributed by atoms with Crippen LogP contribution in [-0.2, 0) is 9.53 Å². The van der Waals surface area contributed by atoms with Crippen molar-refractivity contribution in [3.63, 3.8) is 0 Å². The zero-order valence-electron chi connectivity index (χ0n) is 4.56. The van der Waals surface area contributed by atoms with Gasteiger partial charge in [0.15, 0.2) is 0 Å². The number of carbonyl (C=O) groups excluding carboxylic acids is 1. The van der Waals surface area contributed by atoms with Gasteiger partial charge in [-0.05, 0) is 0 Å². The fourth-order valence-corrected chi connectivity index (χ4v) is 0.746. The van der Waals surface area contributed by atoms with Crippen molar-refractivity contribution in [2.45, 2.75) is 12.3 Å². The van der Waals surface area contributed by atoms with Gasteiger partial charge in [-0.2, -0.15) is 0 Å². The molecule has 0 amide bonds. The molecule has 1 heterocycles. The standard InChI is InChI=1S/C5H7ClO2/c1-3-2-8-5(7)4(3)6/h3-4H,2H2,1H3. The summed E-state index contributed by atoms with van der Waals surface area (Å²) < 4.78 is 4.61. The van der Waals surface area contributed by atoms with Gasteiger partial charge in [0, 0.05) is 5.92 Å². The molecule has 0 aromatic heterocycles. The SMILES string of the molecule is CC1COC(=O)C1Cl. The van der Waals surface area contributed by atoms with Crippen molar-refractivity contribution in [1.29, 1.82) is 0 Å². The number of halogens is 1. The van der Waals surface area contributed by atoms with Gasteiger partial charge < -0.3 is 4.74 Å². The molecule has 2 atom stereocenters. The van der Waals surface area contributed by atoms with Gasteiger partial charge in [-0.3, -0.25) is 4.79 Å². The largest absolute Gasteiger partial charge is 0.464 e. The quantitative estimate of drug-likeness (QED) is 0.362. The van der Waals surface area contributed by atoms with Crippen molar-refractivity contribution < 1.29 is 9.53 Å². The van der Waals surface area contributed by atoms with Gasteiger partial charge in [-0.1, -0.05) is 6.92 Å². The number of ether oxygens (including phenoxy) is 1. The minimum atomic E-state index is -0.407. The summed E-state index contributed by atoms with van der Waals surface area (Å²) in [6, 6.07) is 0. The van der Waals surface area contributed by atoms with Crippen LogP contribution in [0.1, 0.15) is 6.92 Å². The third kappa shape index (κ3) is 0.802. The lowest BCUT2D eigenvalue weighted by Crippen LogP contribution is -2.11. The van der Waals surface area contributed by atoms with Gasteiger partial charge in [-0.25, -0.2) is 0 Å². The number of esters is 1. The van der Waals surface area contributed by atoms with Crippen LogP contribution in [0.4, 0.5) is 0 Å². The molecule has 0 aliphatic carbocycles. The molecule has 0 aromatic carbocycles. The molecular weight excluding hydrogens is 128 g/mol. The molecule has 1 aliphatic heterocycles. The van der Waals surface area contributed by atoms with Crippen LogP contribution in [0.5, 0.6) is 0 Å². The highest BCUT2D eigenvalue weighted by molar-refractivity contribution is 6.30. The van der Waals surface area contributed by atoms with Crippen molar-refractivity contribution in [2.24, 2.45) is 5.92 Å². The summed E-state index contributed by atoms with van der Waals surface area (Å²) in [6.07, 6.45) is 0. The molecule has 0 aromatic rings. The average Bonchev–Trinajstić information content (AvgIpc) is 1.98. The van der Waals surface area contributed by atoms with Gasteiger partial charge in [0.1, 0.15) is 5.38 Å². The van der Waals surface area contributed by atoms with Crippen LogP contribution in [0.2, 0.25) is 0 Å². The molecule has 2 nitrogen and oxygen atoms in total. The Balaban J connectivity index is 2.56. The zero-order valence-corrected chi connectivity index (χ0v) is 5.31. The summed E-state index contributed by atoms with van der Waals surface area (Å²) in [5, 5.41) is -0.407. The fourth-order valence-electron chi connectivity index (χ4n) is 0.610. The van der Waals surface area contributed by atoms with E-state index in [0.29, 0.717) is 6.61 Å². The molecule has 0 bridgehead atoms. The number of cyclic esters (lactones) is 1. The highest BCUT2D eigenvalue weighted by Gasteiger charge is 2.31. The second-order valence-corrected chi connectivity index (χ2v) is 2.48. The van der Waals surface area contributed by atoms with Crippen LogP contribution < -0.4 is 0 Å². The molecule has 0 saturated carbocycles. The summed E-state index contributed by atoms with van der Waals surface area (Å²) in [5.74, 6) is -0.0941. The van der Waals surface area contributed by atoms with E-state index in [1.165, 1.54) is 0 Å². The Morgan fingerprint density at radius 2 is 2.50 bits per heavy atom. The van der Waals surface area contributed by atoms with E-state index in [1.807, 2.05) is 6.92 Å². The molecule has 1 saturated heterocycles. The normalized spacial score (nSPS) is 37.5. The number of carbonyl (C=O) groups is 1. The van der Waals surface area contributed by atoms with Crippen LogP contribution in [-0.4, -0.2) is 18.0 Å². The van der Waals surface area contributed by atoms with Gasteiger partial charge >= 0.3 is 5.97 Å². The average molecular weight is 135 g/mol. The van der Waals surface area contributed by atoms with Gasteiger partial charge in [0.2, 0.25) is 0 Å².